The number of fused-ring (bicyclic) bond motifs is 1. The van der Waals surface area contributed by atoms with Gasteiger partial charge in [0.2, 0.25) is 0 Å². The molecule has 0 aromatic rings. The number of likely N-dealkylation sites (tertiary alicyclic amines) is 1. The van der Waals surface area contributed by atoms with E-state index < -0.39 is 0 Å². The summed E-state index contributed by atoms with van der Waals surface area (Å²) in [6.07, 6.45) is 4.44. The maximum atomic E-state index is 5.82. The van der Waals surface area contributed by atoms with E-state index in [0.29, 0.717) is 0 Å². The van der Waals surface area contributed by atoms with Gasteiger partial charge in [-0.15, -0.1) is 0 Å². The molecule has 14 heavy (non-hydrogen) atoms. The van der Waals surface area contributed by atoms with Crippen molar-refractivity contribution in [1.29, 1.82) is 0 Å². The molecular formula is C11H21N3. The number of nitrogens with two attached hydrogens (primary N) is 1. The second-order valence-electron chi connectivity index (χ2n) is 5.49. The van der Waals surface area contributed by atoms with E-state index in [1.165, 1.54) is 38.9 Å². The van der Waals surface area contributed by atoms with Crippen molar-refractivity contribution in [3.63, 3.8) is 0 Å². The summed E-state index contributed by atoms with van der Waals surface area (Å²) in [5, 5.41) is 2.01. The number of rotatable bonds is 2. The topological polar surface area (TPSA) is 32.5 Å². The molecule has 0 spiro atoms. The zero-order chi connectivity index (χ0) is 9.54. The maximum absolute atomic E-state index is 5.82. The van der Waals surface area contributed by atoms with Crippen molar-refractivity contribution in [3.05, 3.63) is 0 Å². The first-order valence-electron chi connectivity index (χ1n) is 6.03. The largest absolute Gasteiger partial charge is 0.302 e. The average molecular weight is 195 g/mol. The number of hydrogen-bond acceptors (Lipinski definition) is 3. The van der Waals surface area contributed by atoms with Crippen LogP contribution in [0, 0.1) is 17.8 Å². The van der Waals surface area contributed by atoms with Crippen molar-refractivity contribution < 1.29 is 0 Å². The summed E-state index contributed by atoms with van der Waals surface area (Å²) in [5.41, 5.74) is 0. The molecule has 2 N–H and O–H groups in total. The van der Waals surface area contributed by atoms with Crippen LogP contribution in [-0.2, 0) is 0 Å². The third-order valence-electron chi connectivity index (χ3n) is 4.33. The fourth-order valence-electron chi connectivity index (χ4n) is 3.32. The van der Waals surface area contributed by atoms with Crippen molar-refractivity contribution in [2.24, 2.45) is 23.6 Å². The Morgan fingerprint density at radius 3 is 2.14 bits per heavy atom. The van der Waals surface area contributed by atoms with Crippen LogP contribution < -0.4 is 5.84 Å². The van der Waals surface area contributed by atoms with Gasteiger partial charge in [-0.05, 0) is 30.6 Å². The Kier molecular flexibility index (Phi) is 2.26. The molecular weight excluding hydrogens is 174 g/mol. The molecule has 0 unspecified atom stereocenters. The molecule has 0 aromatic carbocycles. The van der Waals surface area contributed by atoms with E-state index in [-0.39, 0.29) is 0 Å². The zero-order valence-corrected chi connectivity index (χ0v) is 8.86. The molecule has 3 rings (SSSR count). The van der Waals surface area contributed by atoms with Crippen LogP contribution in [0.15, 0.2) is 0 Å². The van der Waals surface area contributed by atoms with Crippen LogP contribution in [0.5, 0.6) is 0 Å². The Bertz CT molecular complexity index is 201. The van der Waals surface area contributed by atoms with Crippen LogP contribution in [-0.4, -0.2) is 42.6 Å². The second kappa shape index (κ2) is 3.47. The summed E-state index contributed by atoms with van der Waals surface area (Å²) in [7, 11) is 0. The van der Waals surface area contributed by atoms with Crippen molar-refractivity contribution in [2.75, 3.05) is 32.7 Å². The van der Waals surface area contributed by atoms with Crippen molar-refractivity contribution in [2.45, 2.75) is 19.3 Å². The fraction of sp³-hybridized carbons (Fsp3) is 1.00. The fourth-order valence-corrected chi connectivity index (χ4v) is 3.32. The molecule has 1 aliphatic carbocycles. The third kappa shape index (κ3) is 1.58. The van der Waals surface area contributed by atoms with Gasteiger partial charge in [0.25, 0.3) is 0 Å². The van der Waals surface area contributed by atoms with Crippen LogP contribution in [0.2, 0.25) is 0 Å². The van der Waals surface area contributed by atoms with E-state index in [1.54, 1.807) is 0 Å². The summed E-state index contributed by atoms with van der Waals surface area (Å²) in [5.74, 6) is 8.60. The van der Waals surface area contributed by atoms with Gasteiger partial charge in [0, 0.05) is 32.7 Å². The minimum absolute atomic E-state index is 0.875. The molecule has 1 saturated carbocycles. The smallest absolute Gasteiger partial charge is 0.0172 e. The quantitative estimate of drug-likeness (QED) is 0.652. The Hall–Kier alpha value is -0.120. The van der Waals surface area contributed by atoms with Crippen molar-refractivity contribution in [1.82, 2.24) is 9.91 Å². The molecule has 80 valence electrons. The molecule has 0 aromatic heterocycles. The molecule has 3 heteroatoms. The van der Waals surface area contributed by atoms with Crippen LogP contribution in [0.4, 0.5) is 0 Å². The molecule has 0 amide bonds. The highest BCUT2D eigenvalue weighted by atomic mass is 15.4. The molecule has 0 radical (unpaired) electrons. The first-order chi connectivity index (χ1) is 6.81. The minimum atomic E-state index is 0.875. The predicted molar refractivity (Wildman–Crippen MR) is 56.5 cm³/mol. The van der Waals surface area contributed by atoms with Crippen LogP contribution in [0.1, 0.15) is 19.3 Å². The van der Waals surface area contributed by atoms with Gasteiger partial charge in [-0.25, -0.2) is 5.01 Å². The van der Waals surface area contributed by atoms with Gasteiger partial charge in [-0.1, -0.05) is 6.42 Å². The van der Waals surface area contributed by atoms with E-state index in [0.717, 1.165) is 30.8 Å². The second-order valence-corrected chi connectivity index (χ2v) is 5.49. The Morgan fingerprint density at radius 2 is 1.64 bits per heavy atom. The Balaban J connectivity index is 1.51. The van der Waals surface area contributed by atoms with Gasteiger partial charge in [0.15, 0.2) is 0 Å². The maximum Gasteiger partial charge on any atom is 0.0172 e. The lowest BCUT2D eigenvalue weighted by molar-refractivity contribution is 0.185. The molecule has 2 atom stereocenters. The van der Waals surface area contributed by atoms with E-state index >= 15 is 0 Å². The first-order valence-corrected chi connectivity index (χ1v) is 6.03. The molecule has 0 bridgehead atoms. The highest BCUT2D eigenvalue weighted by molar-refractivity contribution is 4.92. The summed E-state index contributed by atoms with van der Waals surface area (Å²) < 4.78 is 0. The molecule has 2 saturated heterocycles. The molecule has 3 aliphatic rings. The summed E-state index contributed by atoms with van der Waals surface area (Å²) in [6.45, 7) is 6.26. The third-order valence-corrected chi connectivity index (χ3v) is 4.33. The zero-order valence-electron chi connectivity index (χ0n) is 8.86. The summed E-state index contributed by atoms with van der Waals surface area (Å²) in [6, 6.07) is 0. The molecule has 3 nitrogen and oxygen atoms in total. The first kappa shape index (κ1) is 9.13. The Morgan fingerprint density at radius 1 is 1.00 bits per heavy atom. The highest BCUT2D eigenvalue weighted by Gasteiger charge is 2.39. The standard InChI is InChI=1S/C11H21N3/c12-14-7-10-5-13(6-11(10)8-14)4-9-2-1-3-9/h9-11H,1-8,12H2/t10-,11+. The van der Waals surface area contributed by atoms with Crippen LogP contribution >= 0.6 is 0 Å². The van der Waals surface area contributed by atoms with E-state index in [9.17, 15) is 0 Å². The summed E-state index contributed by atoms with van der Waals surface area (Å²) in [4.78, 5) is 2.69. The monoisotopic (exact) mass is 195 g/mol. The van der Waals surface area contributed by atoms with Crippen LogP contribution in [0.25, 0.3) is 0 Å². The van der Waals surface area contributed by atoms with Gasteiger partial charge in [-0.3, -0.25) is 5.84 Å². The van der Waals surface area contributed by atoms with Gasteiger partial charge in [0.05, 0.1) is 0 Å². The van der Waals surface area contributed by atoms with Gasteiger partial charge >= 0.3 is 0 Å². The predicted octanol–water partition coefficient (Wildman–Crippen LogP) is 0.524. The van der Waals surface area contributed by atoms with E-state index in [2.05, 4.69) is 4.90 Å². The van der Waals surface area contributed by atoms with Gasteiger partial charge in [-0.2, -0.15) is 0 Å². The lowest BCUT2D eigenvalue weighted by atomic mass is 9.85. The van der Waals surface area contributed by atoms with E-state index in [4.69, 9.17) is 5.84 Å². The minimum Gasteiger partial charge on any atom is -0.302 e. The average Bonchev–Trinajstić information content (AvgIpc) is 2.53. The van der Waals surface area contributed by atoms with E-state index in [1.807, 2.05) is 5.01 Å². The summed E-state index contributed by atoms with van der Waals surface area (Å²) >= 11 is 0. The SMILES string of the molecule is NN1C[C@@H]2CN(CC3CCC3)C[C@@H]2C1. The van der Waals surface area contributed by atoms with Gasteiger partial charge < -0.3 is 4.90 Å². The highest BCUT2D eigenvalue weighted by Crippen LogP contribution is 2.33. The van der Waals surface area contributed by atoms with Gasteiger partial charge in [0.1, 0.15) is 0 Å². The molecule has 2 heterocycles. The van der Waals surface area contributed by atoms with Crippen LogP contribution in [0.3, 0.4) is 0 Å². The Labute approximate surface area is 86.2 Å². The lowest BCUT2D eigenvalue weighted by Crippen LogP contribution is -2.36. The molecule has 2 aliphatic heterocycles. The number of nitrogens with zero attached hydrogens (tertiary/aromatic N) is 2. The van der Waals surface area contributed by atoms with Crippen molar-refractivity contribution in [3.8, 4) is 0 Å². The van der Waals surface area contributed by atoms with Crippen molar-refractivity contribution >= 4 is 0 Å². The lowest BCUT2D eigenvalue weighted by Gasteiger charge is -2.30. The number of hydrazine groups is 1. The number of hydrogen-bond donors (Lipinski definition) is 1. The normalized spacial score (nSPS) is 40.1. The molecule has 3 fully saturated rings.